The van der Waals surface area contributed by atoms with Crippen LogP contribution in [-0.4, -0.2) is 54.7 Å². The topological polar surface area (TPSA) is 101 Å². The van der Waals surface area contributed by atoms with Crippen molar-refractivity contribution in [3.05, 3.63) is 0 Å². The van der Waals surface area contributed by atoms with E-state index in [2.05, 4.69) is 4.74 Å². The van der Waals surface area contributed by atoms with Crippen LogP contribution < -0.4 is 0 Å². The maximum absolute atomic E-state index is 12.0. The first-order valence-electron chi connectivity index (χ1n) is 5.61. The van der Waals surface area contributed by atoms with Crippen molar-refractivity contribution >= 4 is 22.0 Å². The van der Waals surface area contributed by atoms with E-state index in [1.165, 1.54) is 0 Å². The molecule has 0 aromatic heterocycles. The number of carbonyl (C=O) groups is 2. The zero-order valence-corrected chi connectivity index (χ0v) is 11.2. The first-order valence-corrected chi connectivity index (χ1v) is 7.22. The molecule has 0 aromatic carbocycles. The third kappa shape index (κ3) is 2.49. The minimum atomic E-state index is -3.96. The second kappa shape index (κ2) is 5.23. The molecule has 1 aliphatic heterocycles. The normalized spacial score (nSPS) is 25.0. The van der Waals surface area contributed by atoms with Gasteiger partial charge in [0.25, 0.3) is 0 Å². The zero-order valence-electron chi connectivity index (χ0n) is 10.4. The van der Waals surface area contributed by atoms with Gasteiger partial charge in [0.2, 0.25) is 10.0 Å². The van der Waals surface area contributed by atoms with Crippen molar-refractivity contribution in [3.8, 4) is 0 Å². The number of carbonyl (C=O) groups excluding carboxylic acids is 1. The van der Waals surface area contributed by atoms with E-state index in [4.69, 9.17) is 0 Å². The van der Waals surface area contributed by atoms with Crippen molar-refractivity contribution in [2.45, 2.75) is 31.7 Å². The van der Waals surface area contributed by atoms with Crippen molar-refractivity contribution in [2.24, 2.45) is 0 Å². The standard InChI is InChI=1S/C10H17NO6S/c1-3-10(9(13)14)5-4-6-11(10)18(15,16)7-8(12)17-2/h3-7H2,1-2H3,(H,13,14). The van der Waals surface area contributed by atoms with Crippen molar-refractivity contribution in [1.82, 2.24) is 4.31 Å². The molecule has 0 spiro atoms. The van der Waals surface area contributed by atoms with Gasteiger partial charge < -0.3 is 9.84 Å². The summed E-state index contributed by atoms with van der Waals surface area (Å²) in [6.07, 6.45) is 0.905. The van der Waals surface area contributed by atoms with Crippen LogP contribution in [0.3, 0.4) is 0 Å². The summed E-state index contributed by atoms with van der Waals surface area (Å²) in [5.74, 6) is -2.88. The molecule has 0 bridgehead atoms. The van der Waals surface area contributed by atoms with Gasteiger partial charge >= 0.3 is 11.9 Å². The Hall–Kier alpha value is -1.15. The first-order chi connectivity index (χ1) is 8.30. The lowest BCUT2D eigenvalue weighted by atomic mass is 9.95. The summed E-state index contributed by atoms with van der Waals surface area (Å²) in [6, 6.07) is 0. The van der Waals surface area contributed by atoms with Crippen molar-refractivity contribution < 1.29 is 27.9 Å². The van der Waals surface area contributed by atoms with Gasteiger partial charge in [0.05, 0.1) is 7.11 Å². The Morgan fingerprint density at radius 1 is 1.44 bits per heavy atom. The fraction of sp³-hybridized carbons (Fsp3) is 0.800. The Morgan fingerprint density at radius 2 is 2.06 bits per heavy atom. The molecular formula is C10H17NO6S. The van der Waals surface area contributed by atoms with Crippen LogP contribution >= 0.6 is 0 Å². The lowest BCUT2D eigenvalue weighted by Gasteiger charge is -2.32. The van der Waals surface area contributed by atoms with Gasteiger partial charge in [-0.1, -0.05) is 6.92 Å². The molecule has 0 aliphatic carbocycles. The van der Waals surface area contributed by atoms with Crippen LogP contribution in [-0.2, 0) is 24.3 Å². The van der Waals surface area contributed by atoms with E-state index in [9.17, 15) is 23.1 Å². The average Bonchev–Trinajstić information content (AvgIpc) is 2.73. The molecule has 1 heterocycles. The Bertz CT molecular complexity index is 445. The van der Waals surface area contributed by atoms with Gasteiger partial charge in [-0.2, -0.15) is 4.31 Å². The summed E-state index contributed by atoms with van der Waals surface area (Å²) in [4.78, 5) is 22.4. The first kappa shape index (κ1) is 14.9. The van der Waals surface area contributed by atoms with E-state index in [0.29, 0.717) is 6.42 Å². The van der Waals surface area contributed by atoms with Crippen LogP contribution in [0.5, 0.6) is 0 Å². The molecule has 1 unspecified atom stereocenters. The van der Waals surface area contributed by atoms with E-state index >= 15 is 0 Å². The molecule has 0 aromatic rings. The van der Waals surface area contributed by atoms with Gasteiger partial charge in [-0.25, -0.2) is 8.42 Å². The van der Waals surface area contributed by atoms with Crippen molar-refractivity contribution in [1.29, 1.82) is 0 Å². The lowest BCUT2D eigenvalue weighted by Crippen LogP contribution is -2.53. The van der Waals surface area contributed by atoms with Gasteiger partial charge in [-0.15, -0.1) is 0 Å². The number of hydrogen-bond acceptors (Lipinski definition) is 5. The van der Waals surface area contributed by atoms with Gasteiger partial charge in [-0.3, -0.25) is 9.59 Å². The van der Waals surface area contributed by atoms with Crippen LogP contribution in [0, 0.1) is 0 Å². The highest BCUT2D eigenvalue weighted by Crippen LogP contribution is 2.35. The third-order valence-corrected chi connectivity index (χ3v) is 5.08. The Kier molecular flexibility index (Phi) is 4.33. The van der Waals surface area contributed by atoms with Crippen LogP contribution in [0.2, 0.25) is 0 Å². The average molecular weight is 279 g/mol. The van der Waals surface area contributed by atoms with Gasteiger partial charge in [-0.05, 0) is 19.3 Å². The van der Waals surface area contributed by atoms with Crippen LogP contribution in [0.25, 0.3) is 0 Å². The van der Waals surface area contributed by atoms with E-state index in [1.54, 1.807) is 6.92 Å². The molecule has 0 amide bonds. The number of esters is 1. The van der Waals surface area contributed by atoms with Gasteiger partial charge in [0, 0.05) is 6.54 Å². The number of hydrogen-bond donors (Lipinski definition) is 1. The Balaban J connectivity index is 3.07. The minimum Gasteiger partial charge on any atom is -0.480 e. The maximum Gasteiger partial charge on any atom is 0.325 e. The molecule has 0 saturated carbocycles. The monoisotopic (exact) mass is 279 g/mol. The van der Waals surface area contributed by atoms with Crippen LogP contribution in [0.4, 0.5) is 0 Å². The number of rotatable bonds is 5. The number of carboxylic acids is 1. The quantitative estimate of drug-likeness (QED) is 0.700. The molecule has 1 fully saturated rings. The smallest absolute Gasteiger partial charge is 0.325 e. The highest BCUT2D eigenvalue weighted by molar-refractivity contribution is 7.89. The number of methoxy groups -OCH3 is 1. The van der Waals surface area contributed by atoms with Crippen molar-refractivity contribution in [3.63, 3.8) is 0 Å². The van der Waals surface area contributed by atoms with Gasteiger partial charge in [0.1, 0.15) is 5.54 Å². The summed E-state index contributed by atoms with van der Waals surface area (Å²) >= 11 is 0. The Morgan fingerprint density at radius 3 is 2.50 bits per heavy atom. The molecule has 18 heavy (non-hydrogen) atoms. The molecule has 1 saturated heterocycles. The lowest BCUT2D eigenvalue weighted by molar-refractivity contribution is -0.147. The van der Waals surface area contributed by atoms with E-state index < -0.39 is 33.3 Å². The summed E-state index contributed by atoms with van der Waals surface area (Å²) in [5.41, 5.74) is -1.42. The molecule has 104 valence electrons. The number of carboxylic acid groups (broad SMARTS) is 1. The number of sulfonamides is 1. The predicted octanol–water partition coefficient (Wildman–Crippen LogP) is -0.182. The summed E-state index contributed by atoms with van der Waals surface area (Å²) in [6.45, 7) is 1.75. The molecule has 0 radical (unpaired) electrons. The summed E-state index contributed by atoms with van der Waals surface area (Å²) in [5, 5.41) is 9.27. The zero-order chi connectivity index (χ0) is 14.0. The fourth-order valence-electron chi connectivity index (χ4n) is 2.26. The highest BCUT2D eigenvalue weighted by Gasteiger charge is 2.51. The highest BCUT2D eigenvalue weighted by atomic mass is 32.2. The van der Waals surface area contributed by atoms with E-state index in [1.807, 2.05) is 0 Å². The number of aliphatic carboxylic acids is 1. The Labute approximate surface area is 106 Å². The summed E-state index contributed by atoms with van der Waals surface area (Å²) < 4.78 is 29.3. The molecule has 1 aliphatic rings. The molecule has 1 rings (SSSR count). The SMILES string of the molecule is CCC1(C(=O)O)CCCN1S(=O)(=O)CC(=O)OC. The minimum absolute atomic E-state index is 0.124. The number of nitrogens with zero attached hydrogens (tertiary/aromatic N) is 1. The molecule has 1 atom stereocenters. The molecular weight excluding hydrogens is 262 g/mol. The third-order valence-electron chi connectivity index (χ3n) is 3.28. The second-order valence-corrected chi connectivity index (χ2v) is 6.09. The van der Waals surface area contributed by atoms with E-state index in [-0.39, 0.29) is 19.4 Å². The second-order valence-electron chi connectivity index (χ2n) is 4.20. The van der Waals surface area contributed by atoms with Crippen LogP contribution in [0.1, 0.15) is 26.2 Å². The molecule has 1 N–H and O–H groups in total. The van der Waals surface area contributed by atoms with Gasteiger partial charge in [0.15, 0.2) is 5.75 Å². The van der Waals surface area contributed by atoms with Crippen molar-refractivity contribution in [2.75, 3.05) is 19.4 Å². The number of ether oxygens (including phenoxy) is 1. The summed E-state index contributed by atoms with van der Waals surface area (Å²) in [7, 11) is -2.87. The molecule has 7 nitrogen and oxygen atoms in total. The van der Waals surface area contributed by atoms with E-state index in [0.717, 1.165) is 11.4 Å². The fourth-order valence-corrected chi connectivity index (χ4v) is 4.07. The molecule has 8 heteroatoms. The van der Waals surface area contributed by atoms with Crippen LogP contribution in [0.15, 0.2) is 0 Å². The maximum atomic E-state index is 12.0. The predicted molar refractivity (Wildman–Crippen MR) is 62.4 cm³/mol. The largest absolute Gasteiger partial charge is 0.480 e.